The SMILES string of the molecule is O=c1cc(/C=N/Nc2ccc([N+](=O)[O-])cc2)[nH]n1-c1ccccc1. The third-order valence-corrected chi connectivity index (χ3v) is 3.23. The lowest BCUT2D eigenvalue weighted by Crippen LogP contribution is -2.12. The molecule has 0 aliphatic heterocycles. The minimum atomic E-state index is -0.468. The lowest BCUT2D eigenvalue weighted by molar-refractivity contribution is -0.384. The number of nitro groups is 1. The van der Waals surface area contributed by atoms with Crippen molar-refractivity contribution in [3.05, 3.63) is 86.8 Å². The number of aromatic nitrogens is 2. The number of nitrogens with zero attached hydrogens (tertiary/aromatic N) is 3. The summed E-state index contributed by atoms with van der Waals surface area (Å²) >= 11 is 0. The number of hydrogen-bond donors (Lipinski definition) is 2. The van der Waals surface area contributed by atoms with E-state index in [0.717, 1.165) is 5.69 Å². The van der Waals surface area contributed by atoms with E-state index in [1.165, 1.54) is 29.1 Å². The molecule has 8 nitrogen and oxygen atoms in total. The van der Waals surface area contributed by atoms with Crippen LogP contribution in [0.4, 0.5) is 11.4 Å². The molecule has 3 aromatic rings. The van der Waals surface area contributed by atoms with Crippen LogP contribution in [-0.4, -0.2) is 20.9 Å². The Hall–Kier alpha value is -3.68. The first-order valence-electron chi connectivity index (χ1n) is 7.04. The van der Waals surface area contributed by atoms with E-state index < -0.39 is 4.92 Å². The van der Waals surface area contributed by atoms with Gasteiger partial charge in [0.1, 0.15) is 0 Å². The van der Waals surface area contributed by atoms with E-state index >= 15 is 0 Å². The molecule has 0 fully saturated rings. The number of rotatable bonds is 5. The van der Waals surface area contributed by atoms with Gasteiger partial charge in [-0.1, -0.05) is 18.2 Å². The van der Waals surface area contributed by atoms with Gasteiger partial charge in [-0.25, -0.2) is 4.68 Å². The van der Waals surface area contributed by atoms with Gasteiger partial charge in [-0.15, -0.1) is 0 Å². The Morgan fingerprint density at radius 2 is 1.83 bits per heavy atom. The monoisotopic (exact) mass is 323 g/mol. The first-order valence-corrected chi connectivity index (χ1v) is 7.04. The van der Waals surface area contributed by atoms with E-state index in [2.05, 4.69) is 15.6 Å². The first kappa shape index (κ1) is 15.2. The number of hydrazone groups is 1. The second-order valence-electron chi connectivity index (χ2n) is 4.89. The highest BCUT2D eigenvalue weighted by atomic mass is 16.6. The molecular weight excluding hydrogens is 310 g/mol. The molecule has 3 rings (SSSR count). The number of hydrogen-bond acceptors (Lipinski definition) is 5. The normalized spacial score (nSPS) is 10.8. The number of non-ortho nitro benzene ring substituents is 1. The number of aromatic amines is 1. The van der Waals surface area contributed by atoms with Gasteiger partial charge in [0.25, 0.3) is 11.2 Å². The van der Waals surface area contributed by atoms with E-state index in [0.29, 0.717) is 11.4 Å². The average Bonchev–Trinajstić information content (AvgIpc) is 2.97. The number of H-pyrrole nitrogens is 1. The van der Waals surface area contributed by atoms with E-state index in [4.69, 9.17) is 0 Å². The smallest absolute Gasteiger partial charge is 0.271 e. The number of nitro benzene ring substituents is 1. The Bertz CT molecular complexity index is 926. The zero-order chi connectivity index (χ0) is 16.9. The van der Waals surface area contributed by atoms with Crippen molar-refractivity contribution in [3.8, 4) is 5.69 Å². The van der Waals surface area contributed by atoms with Crippen molar-refractivity contribution in [2.24, 2.45) is 5.10 Å². The minimum absolute atomic E-state index is 0.00815. The van der Waals surface area contributed by atoms with Gasteiger partial charge in [0.05, 0.1) is 28.2 Å². The fourth-order valence-corrected chi connectivity index (χ4v) is 2.08. The molecule has 2 aromatic carbocycles. The van der Waals surface area contributed by atoms with Crippen molar-refractivity contribution in [1.29, 1.82) is 0 Å². The van der Waals surface area contributed by atoms with Crippen LogP contribution >= 0.6 is 0 Å². The highest BCUT2D eigenvalue weighted by Crippen LogP contribution is 2.15. The van der Waals surface area contributed by atoms with Gasteiger partial charge in [0.2, 0.25) is 0 Å². The Labute approximate surface area is 136 Å². The second kappa shape index (κ2) is 6.61. The van der Waals surface area contributed by atoms with Crippen LogP contribution in [0.5, 0.6) is 0 Å². The quantitative estimate of drug-likeness (QED) is 0.427. The zero-order valence-corrected chi connectivity index (χ0v) is 12.4. The molecule has 1 aromatic heterocycles. The molecule has 2 N–H and O–H groups in total. The Morgan fingerprint density at radius 3 is 2.50 bits per heavy atom. The summed E-state index contributed by atoms with van der Waals surface area (Å²) in [6.07, 6.45) is 1.46. The molecular formula is C16H13N5O3. The van der Waals surface area contributed by atoms with Crippen molar-refractivity contribution in [1.82, 2.24) is 9.78 Å². The molecule has 0 aliphatic rings. The molecule has 0 amide bonds. The van der Waals surface area contributed by atoms with Crippen molar-refractivity contribution < 1.29 is 4.92 Å². The Kier molecular flexibility index (Phi) is 4.19. The fourth-order valence-electron chi connectivity index (χ4n) is 2.08. The third kappa shape index (κ3) is 3.38. The molecule has 0 aliphatic carbocycles. The van der Waals surface area contributed by atoms with Gasteiger partial charge in [0.15, 0.2) is 0 Å². The standard InChI is InChI=1S/C16H13N5O3/c22-16-10-13(19-20(16)14-4-2-1-3-5-14)11-17-18-12-6-8-15(9-7-12)21(23)24/h1-11,18-19H/b17-11+. The van der Waals surface area contributed by atoms with E-state index in [1.54, 1.807) is 12.1 Å². The molecule has 120 valence electrons. The van der Waals surface area contributed by atoms with Crippen LogP contribution in [-0.2, 0) is 0 Å². The number of para-hydroxylation sites is 1. The molecule has 0 saturated carbocycles. The van der Waals surface area contributed by atoms with Crippen LogP contribution in [0.25, 0.3) is 5.69 Å². The summed E-state index contributed by atoms with van der Waals surface area (Å²) in [6, 6.07) is 16.5. The largest absolute Gasteiger partial charge is 0.289 e. The van der Waals surface area contributed by atoms with Gasteiger partial charge in [-0.05, 0) is 24.3 Å². The van der Waals surface area contributed by atoms with Crippen LogP contribution in [0.1, 0.15) is 5.69 Å². The fraction of sp³-hybridized carbons (Fsp3) is 0. The molecule has 0 bridgehead atoms. The topological polar surface area (TPSA) is 105 Å². The summed E-state index contributed by atoms with van der Waals surface area (Å²) in [5, 5.41) is 17.5. The summed E-state index contributed by atoms with van der Waals surface area (Å²) in [5.74, 6) is 0. The molecule has 0 radical (unpaired) electrons. The van der Waals surface area contributed by atoms with E-state index in [-0.39, 0.29) is 11.2 Å². The average molecular weight is 323 g/mol. The van der Waals surface area contributed by atoms with Crippen molar-refractivity contribution >= 4 is 17.6 Å². The van der Waals surface area contributed by atoms with Crippen LogP contribution in [0, 0.1) is 10.1 Å². The maximum Gasteiger partial charge on any atom is 0.271 e. The van der Waals surface area contributed by atoms with Crippen LogP contribution in [0.15, 0.2) is 70.6 Å². The van der Waals surface area contributed by atoms with Crippen molar-refractivity contribution in [2.75, 3.05) is 5.43 Å². The third-order valence-electron chi connectivity index (χ3n) is 3.23. The summed E-state index contributed by atoms with van der Waals surface area (Å²) in [7, 11) is 0. The molecule has 24 heavy (non-hydrogen) atoms. The summed E-state index contributed by atoms with van der Waals surface area (Å²) < 4.78 is 1.41. The lowest BCUT2D eigenvalue weighted by atomic mass is 10.3. The maximum absolute atomic E-state index is 12.0. The lowest BCUT2D eigenvalue weighted by Gasteiger charge is -2.00. The van der Waals surface area contributed by atoms with Gasteiger partial charge in [0, 0.05) is 18.2 Å². The van der Waals surface area contributed by atoms with Gasteiger partial charge < -0.3 is 0 Å². The van der Waals surface area contributed by atoms with E-state index in [1.807, 2.05) is 30.3 Å². The van der Waals surface area contributed by atoms with Crippen LogP contribution in [0.2, 0.25) is 0 Å². The summed E-state index contributed by atoms with van der Waals surface area (Å²) in [5.41, 5.74) is 4.41. The van der Waals surface area contributed by atoms with Crippen molar-refractivity contribution in [3.63, 3.8) is 0 Å². The maximum atomic E-state index is 12.0. The molecule has 8 heteroatoms. The Morgan fingerprint density at radius 1 is 1.12 bits per heavy atom. The molecule has 0 saturated heterocycles. The summed E-state index contributed by atoms with van der Waals surface area (Å²) in [6.45, 7) is 0. The molecule has 0 spiro atoms. The predicted octanol–water partition coefficient (Wildman–Crippen LogP) is 2.52. The van der Waals surface area contributed by atoms with E-state index in [9.17, 15) is 14.9 Å². The Balaban J connectivity index is 1.71. The van der Waals surface area contributed by atoms with Gasteiger partial charge in [-0.2, -0.15) is 5.10 Å². The number of nitrogens with one attached hydrogen (secondary N) is 2. The molecule has 0 unspecified atom stereocenters. The summed E-state index contributed by atoms with van der Waals surface area (Å²) in [4.78, 5) is 22.1. The molecule has 0 atom stereocenters. The van der Waals surface area contributed by atoms with Crippen LogP contribution in [0.3, 0.4) is 0 Å². The first-order chi connectivity index (χ1) is 11.6. The predicted molar refractivity (Wildman–Crippen MR) is 90.7 cm³/mol. The second-order valence-corrected chi connectivity index (χ2v) is 4.89. The van der Waals surface area contributed by atoms with Gasteiger partial charge in [-0.3, -0.25) is 25.4 Å². The highest BCUT2D eigenvalue weighted by Gasteiger charge is 2.04. The van der Waals surface area contributed by atoms with Crippen LogP contribution < -0.4 is 11.0 Å². The number of benzene rings is 2. The minimum Gasteiger partial charge on any atom is -0.289 e. The number of anilines is 1. The molecule has 1 heterocycles. The van der Waals surface area contributed by atoms with Crippen molar-refractivity contribution in [2.45, 2.75) is 0 Å². The van der Waals surface area contributed by atoms with Gasteiger partial charge >= 0.3 is 0 Å². The zero-order valence-electron chi connectivity index (χ0n) is 12.4. The highest BCUT2D eigenvalue weighted by molar-refractivity contribution is 5.77.